The lowest BCUT2D eigenvalue weighted by atomic mass is 10.2. The Morgan fingerprint density at radius 1 is 1.07 bits per heavy atom. The Hall–Kier alpha value is -2.71. The normalized spacial score (nSPS) is 10.7. The summed E-state index contributed by atoms with van der Waals surface area (Å²) in [5.74, 6) is 1.23. The van der Waals surface area contributed by atoms with Gasteiger partial charge in [0, 0.05) is 11.4 Å². The van der Waals surface area contributed by atoms with Crippen LogP contribution in [0.3, 0.4) is 0 Å². The summed E-state index contributed by atoms with van der Waals surface area (Å²) in [6, 6.07) is 17.4. The number of carbonyl (C=O) groups excluding carboxylic acids is 1. The topological polar surface area (TPSA) is 84.7 Å². The minimum absolute atomic E-state index is 0.0585. The Labute approximate surface area is 162 Å². The Morgan fingerprint density at radius 2 is 1.85 bits per heavy atom. The highest BCUT2D eigenvalue weighted by molar-refractivity contribution is 7.98. The quantitative estimate of drug-likeness (QED) is 0.436. The summed E-state index contributed by atoms with van der Waals surface area (Å²) in [6.07, 6.45) is 0.892. The molecule has 0 atom stereocenters. The SMILES string of the molecule is CNCCCNC(=O)c1ccccc1SCc1nnnn1-c1ccccc1. The average molecular weight is 382 g/mol. The second-order valence-corrected chi connectivity index (χ2v) is 6.86. The second-order valence-electron chi connectivity index (χ2n) is 5.84. The van der Waals surface area contributed by atoms with Crippen LogP contribution in [0.1, 0.15) is 22.6 Å². The summed E-state index contributed by atoms with van der Waals surface area (Å²) in [6.45, 7) is 1.52. The molecule has 1 amide bonds. The zero-order valence-corrected chi connectivity index (χ0v) is 15.9. The molecule has 8 heteroatoms. The van der Waals surface area contributed by atoms with Crippen LogP contribution in [0.4, 0.5) is 0 Å². The van der Waals surface area contributed by atoms with Crippen LogP contribution < -0.4 is 10.6 Å². The number of aromatic nitrogens is 4. The van der Waals surface area contributed by atoms with E-state index in [2.05, 4.69) is 26.2 Å². The fourth-order valence-electron chi connectivity index (χ4n) is 2.55. The number of benzene rings is 2. The van der Waals surface area contributed by atoms with Crippen molar-refractivity contribution in [1.29, 1.82) is 0 Å². The van der Waals surface area contributed by atoms with Gasteiger partial charge in [-0.2, -0.15) is 4.68 Å². The van der Waals surface area contributed by atoms with Crippen molar-refractivity contribution in [2.45, 2.75) is 17.1 Å². The van der Waals surface area contributed by atoms with E-state index < -0.39 is 0 Å². The van der Waals surface area contributed by atoms with Crippen LogP contribution in [0.5, 0.6) is 0 Å². The third-order valence-corrected chi connectivity index (χ3v) is 4.98. The lowest BCUT2D eigenvalue weighted by Gasteiger charge is -2.10. The maximum Gasteiger partial charge on any atom is 0.252 e. The molecule has 27 heavy (non-hydrogen) atoms. The van der Waals surface area contributed by atoms with E-state index in [1.807, 2.05) is 61.6 Å². The van der Waals surface area contributed by atoms with Gasteiger partial charge in [0.25, 0.3) is 5.91 Å². The van der Waals surface area contributed by atoms with Crippen molar-refractivity contribution < 1.29 is 4.79 Å². The van der Waals surface area contributed by atoms with Crippen molar-refractivity contribution in [2.24, 2.45) is 0 Å². The molecule has 2 N–H and O–H groups in total. The van der Waals surface area contributed by atoms with Gasteiger partial charge in [0.1, 0.15) is 0 Å². The summed E-state index contributed by atoms with van der Waals surface area (Å²) in [5.41, 5.74) is 1.58. The zero-order chi connectivity index (χ0) is 18.9. The number of carbonyl (C=O) groups is 1. The number of hydrogen-bond acceptors (Lipinski definition) is 6. The second kappa shape index (κ2) is 9.84. The molecule has 0 radical (unpaired) electrons. The van der Waals surface area contributed by atoms with Gasteiger partial charge in [-0.15, -0.1) is 16.9 Å². The van der Waals surface area contributed by atoms with E-state index in [1.54, 1.807) is 16.4 Å². The molecule has 1 aromatic heterocycles. The molecule has 0 fully saturated rings. The van der Waals surface area contributed by atoms with Crippen molar-refractivity contribution in [3.8, 4) is 5.69 Å². The Kier molecular flexibility index (Phi) is 6.95. The number of amides is 1. The van der Waals surface area contributed by atoms with Crippen molar-refractivity contribution in [1.82, 2.24) is 30.8 Å². The van der Waals surface area contributed by atoms with Crippen molar-refractivity contribution in [3.63, 3.8) is 0 Å². The van der Waals surface area contributed by atoms with Crippen LogP contribution in [-0.2, 0) is 5.75 Å². The third kappa shape index (κ3) is 5.15. The monoisotopic (exact) mass is 382 g/mol. The number of para-hydroxylation sites is 1. The van der Waals surface area contributed by atoms with Crippen LogP contribution in [0.2, 0.25) is 0 Å². The van der Waals surface area contributed by atoms with Gasteiger partial charge >= 0.3 is 0 Å². The summed E-state index contributed by atoms with van der Waals surface area (Å²) in [7, 11) is 1.90. The van der Waals surface area contributed by atoms with E-state index >= 15 is 0 Å². The highest BCUT2D eigenvalue weighted by atomic mass is 32.2. The van der Waals surface area contributed by atoms with Crippen LogP contribution in [0.15, 0.2) is 59.5 Å². The molecule has 140 valence electrons. The number of nitrogens with zero attached hydrogens (tertiary/aromatic N) is 4. The van der Waals surface area contributed by atoms with E-state index in [0.717, 1.165) is 29.4 Å². The molecule has 0 aliphatic rings. The minimum atomic E-state index is -0.0585. The van der Waals surface area contributed by atoms with Gasteiger partial charge in [-0.1, -0.05) is 30.3 Å². The first-order valence-corrected chi connectivity index (χ1v) is 9.75. The first-order valence-electron chi connectivity index (χ1n) is 8.77. The molecule has 0 aliphatic carbocycles. The molecule has 3 aromatic rings. The van der Waals surface area contributed by atoms with Crippen LogP contribution >= 0.6 is 11.8 Å². The lowest BCUT2D eigenvalue weighted by Crippen LogP contribution is -2.27. The van der Waals surface area contributed by atoms with Gasteiger partial charge in [0.15, 0.2) is 5.82 Å². The maximum atomic E-state index is 12.5. The molecule has 0 bridgehead atoms. The molecular formula is C19H22N6OS. The number of tetrazole rings is 1. The molecule has 0 unspecified atom stereocenters. The van der Waals surface area contributed by atoms with Gasteiger partial charge < -0.3 is 10.6 Å². The van der Waals surface area contributed by atoms with Crippen LogP contribution in [0, 0.1) is 0 Å². The third-order valence-electron chi connectivity index (χ3n) is 3.91. The molecule has 0 spiro atoms. The first-order chi connectivity index (χ1) is 13.3. The summed E-state index contributed by atoms with van der Waals surface area (Å²) in [4.78, 5) is 13.4. The summed E-state index contributed by atoms with van der Waals surface area (Å²) >= 11 is 1.55. The average Bonchev–Trinajstić information content (AvgIpc) is 3.19. The van der Waals surface area contributed by atoms with Crippen LogP contribution in [0.25, 0.3) is 5.69 Å². The van der Waals surface area contributed by atoms with E-state index in [1.165, 1.54) is 0 Å². The summed E-state index contributed by atoms with van der Waals surface area (Å²) < 4.78 is 1.72. The largest absolute Gasteiger partial charge is 0.352 e. The molecule has 7 nitrogen and oxygen atoms in total. The number of thioether (sulfide) groups is 1. The maximum absolute atomic E-state index is 12.5. The van der Waals surface area contributed by atoms with Gasteiger partial charge in [-0.05, 0) is 54.7 Å². The minimum Gasteiger partial charge on any atom is -0.352 e. The molecule has 3 rings (SSSR count). The van der Waals surface area contributed by atoms with Crippen LogP contribution in [-0.4, -0.2) is 46.3 Å². The van der Waals surface area contributed by atoms with Gasteiger partial charge in [-0.25, -0.2) is 0 Å². The molecule has 0 aliphatic heterocycles. The molecule has 0 saturated carbocycles. The number of hydrogen-bond donors (Lipinski definition) is 2. The lowest BCUT2D eigenvalue weighted by molar-refractivity contribution is 0.0950. The van der Waals surface area contributed by atoms with Crippen molar-refractivity contribution in [2.75, 3.05) is 20.1 Å². The van der Waals surface area contributed by atoms with E-state index in [-0.39, 0.29) is 5.91 Å². The zero-order valence-electron chi connectivity index (χ0n) is 15.1. The van der Waals surface area contributed by atoms with Gasteiger partial charge in [0.05, 0.1) is 17.0 Å². The smallest absolute Gasteiger partial charge is 0.252 e. The highest BCUT2D eigenvalue weighted by Gasteiger charge is 2.13. The first kappa shape index (κ1) is 19.1. The molecular weight excluding hydrogens is 360 g/mol. The highest BCUT2D eigenvalue weighted by Crippen LogP contribution is 2.26. The Bertz CT molecular complexity index is 867. The Morgan fingerprint density at radius 3 is 2.67 bits per heavy atom. The fourth-order valence-corrected chi connectivity index (χ4v) is 3.51. The molecule has 1 heterocycles. The van der Waals surface area contributed by atoms with Gasteiger partial charge in [-0.3, -0.25) is 4.79 Å². The Balaban J connectivity index is 1.67. The van der Waals surface area contributed by atoms with Gasteiger partial charge in [0.2, 0.25) is 0 Å². The predicted octanol–water partition coefficient (Wildman–Crippen LogP) is 2.29. The predicted molar refractivity (Wildman–Crippen MR) is 106 cm³/mol. The van der Waals surface area contributed by atoms with E-state index in [0.29, 0.717) is 17.9 Å². The van der Waals surface area contributed by atoms with E-state index in [9.17, 15) is 4.79 Å². The van der Waals surface area contributed by atoms with Crippen molar-refractivity contribution in [3.05, 3.63) is 66.0 Å². The number of rotatable bonds is 9. The molecule has 0 saturated heterocycles. The number of nitrogens with one attached hydrogen (secondary N) is 2. The standard InChI is InChI=1S/C19H22N6OS/c1-20-12-7-13-21-19(26)16-10-5-6-11-17(16)27-14-18-22-23-24-25(18)15-8-3-2-4-9-15/h2-6,8-11,20H,7,12-14H2,1H3,(H,21,26). The summed E-state index contributed by atoms with van der Waals surface area (Å²) in [5, 5.41) is 18.0. The van der Waals surface area contributed by atoms with E-state index in [4.69, 9.17) is 0 Å². The molecule has 2 aromatic carbocycles. The van der Waals surface area contributed by atoms with Crippen molar-refractivity contribution >= 4 is 17.7 Å². The fraction of sp³-hybridized carbons (Fsp3) is 0.263.